The molecule has 2 rings (SSSR count). The van der Waals surface area contributed by atoms with E-state index in [1.807, 2.05) is 36.4 Å². The number of nitrogen functional groups attached to an aromatic ring is 1. The van der Waals surface area contributed by atoms with Gasteiger partial charge in [-0.1, -0.05) is 12.1 Å². The molecular weight excluding hydrogens is 266 g/mol. The van der Waals surface area contributed by atoms with Gasteiger partial charge in [0.25, 0.3) is 0 Å². The molecule has 2 N–H and O–H groups in total. The Kier molecular flexibility index (Phi) is 5.32. The fourth-order valence-corrected chi connectivity index (χ4v) is 2.08. The molecule has 0 radical (unpaired) electrons. The van der Waals surface area contributed by atoms with Crippen LogP contribution in [0.4, 0.5) is 5.69 Å². The molecule has 0 aliphatic carbocycles. The highest BCUT2D eigenvalue weighted by atomic mass is 16.5. The molecule has 0 saturated carbocycles. The monoisotopic (exact) mass is 287 g/mol. The number of methoxy groups -OCH3 is 2. The van der Waals surface area contributed by atoms with Gasteiger partial charge in [0.15, 0.2) is 0 Å². The minimum absolute atomic E-state index is 0.630. The molecule has 4 nitrogen and oxygen atoms in total. The van der Waals surface area contributed by atoms with Crippen LogP contribution < -0.4 is 19.9 Å². The summed E-state index contributed by atoms with van der Waals surface area (Å²) >= 11 is 0. The molecule has 0 aliphatic rings. The van der Waals surface area contributed by atoms with Crippen molar-refractivity contribution < 1.29 is 14.2 Å². The maximum atomic E-state index is 5.76. The van der Waals surface area contributed by atoms with E-state index in [0.29, 0.717) is 6.61 Å². The Bertz CT molecular complexity index is 562. The van der Waals surface area contributed by atoms with Gasteiger partial charge in [-0.05, 0) is 30.5 Å². The van der Waals surface area contributed by atoms with Crippen molar-refractivity contribution in [3.05, 3.63) is 48.0 Å². The first kappa shape index (κ1) is 15.0. The SMILES string of the molecule is COc1cc(OC)cc(OCCCc2cccc(N)c2)c1. The van der Waals surface area contributed by atoms with Crippen LogP contribution >= 0.6 is 0 Å². The standard InChI is InChI=1S/C17H21NO3/c1-19-15-10-16(20-2)12-17(11-15)21-8-4-6-13-5-3-7-14(18)9-13/h3,5,7,9-12H,4,6,8,18H2,1-2H3. The summed E-state index contributed by atoms with van der Waals surface area (Å²) in [5.41, 5.74) is 7.78. The van der Waals surface area contributed by atoms with Crippen molar-refractivity contribution in [1.29, 1.82) is 0 Å². The van der Waals surface area contributed by atoms with Crippen LogP contribution in [0.15, 0.2) is 42.5 Å². The number of aryl methyl sites for hydroxylation is 1. The maximum Gasteiger partial charge on any atom is 0.126 e. The lowest BCUT2D eigenvalue weighted by Gasteiger charge is -2.10. The zero-order valence-corrected chi connectivity index (χ0v) is 12.5. The Morgan fingerprint density at radius 3 is 2.19 bits per heavy atom. The van der Waals surface area contributed by atoms with Crippen molar-refractivity contribution in [2.45, 2.75) is 12.8 Å². The van der Waals surface area contributed by atoms with Crippen LogP contribution in [0.1, 0.15) is 12.0 Å². The van der Waals surface area contributed by atoms with E-state index in [4.69, 9.17) is 19.9 Å². The summed E-state index contributed by atoms with van der Waals surface area (Å²) in [4.78, 5) is 0. The molecule has 2 aromatic carbocycles. The van der Waals surface area contributed by atoms with Gasteiger partial charge >= 0.3 is 0 Å². The second-order valence-electron chi connectivity index (χ2n) is 4.75. The molecule has 0 atom stereocenters. The van der Waals surface area contributed by atoms with Crippen LogP contribution in [0, 0.1) is 0 Å². The molecule has 0 saturated heterocycles. The number of benzene rings is 2. The lowest BCUT2D eigenvalue weighted by molar-refractivity contribution is 0.305. The minimum Gasteiger partial charge on any atom is -0.496 e. The molecule has 0 aromatic heterocycles. The third kappa shape index (κ3) is 4.60. The van der Waals surface area contributed by atoms with E-state index in [0.717, 1.165) is 35.8 Å². The lowest BCUT2D eigenvalue weighted by atomic mass is 10.1. The van der Waals surface area contributed by atoms with E-state index in [1.54, 1.807) is 14.2 Å². The third-order valence-electron chi connectivity index (χ3n) is 3.15. The molecule has 0 amide bonds. The summed E-state index contributed by atoms with van der Waals surface area (Å²) < 4.78 is 16.2. The number of hydrogen-bond donors (Lipinski definition) is 1. The summed E-state index contributed by atoms with van der Waals surface area (Å²) in [6.45, 7) is 0.630. The van der Waals surface area contributed by atoms with Gasteiger partial charge in [-0.25, -0.2) is 0 Å². The largest absolute Gasteiger partial charge is 0.496 e. The predicted molar refractivity (Wildman–Crippen MR) is 84.2 cm³/mol. The fraction of sp³-hybridized carbons (Fsp3) is 0.294. The first-order chi connectivity index (χ1) is 10.2. The zero-order valence-electron chi connectivity index (χ0n) is 12.5. The topological polar surface area (TPSA) is 53.7 Å². The number of hydrogen-bond acceptors (Lipinski definition) is 4. The minimum atomic E-state index is 0.630. The summed E-state index contributed by atoms with van der Waals surface area (Å²) in [5, 5.41) is 0. The van der Waals surface area contributed by atoms with Crippen LogP contribution in [0.2, 0.25) is 0 Å². The van der Waals surface area contributed by atoms with Gasteiger partial charge in [0.05, 0.1) is 20.8 Å². The van der Waals surface area contributed by atoms with Gasteiger partial charge in [0.2, 0.25) is 0 Å². The predicted octanol–water partition coefficient (Wildman–Crippen LogP) is 3.30. The average Bonchev–Trinajstić information content (AvgIpc) is 2.51. The Balaban J connectivity index is 1.85. The van der Waals surface area contributed by atoms with Crippen molar-refractivity contribution in [3.63, 3.8) is 0 Å². The van der Waals surface area contributed by atoms with Crippen molar-refractivity contribution in [2.75, 3.05) is 26.6 Å². The van der Waals surface area contributed by atoms with E-state index in [2.05, 4.69) is 6.07 Å². The normalized spacial score (nSPS) is 10.2. The summed E-state index contributed by atoms with van der Waals surface area (Å²) in [5.74, 6) is 2.19. The second-order valence-corrected chi connectivity index (χ2v) is 4.75. The lowest BCUT2D eigenvalue weighted by Crippen LogP contribution is -2.00. The second kappa shape index (κ2) is 7.43. The van der Waals surface area contributed by atoms with E-state index in [9.17, 15) is 0 Å². The molecule has 0 fully saturated rings. The van der Waals surface area contributed by atoms with Gasteiger partial charge in [-0.3, -0.25) is 0 Å². The Morgan fingerprint density at radius 2 is 1.57 bits per heavy atom. The van der Waals surface area contributed by atoms with Crippen molar-refractivity contribution >= 4 is 5.69 Å². The molecule has 0 bridgehead atoms. The first-order valence-electron chi connectivity index (χ1n) is 6.91. The van der Waals surface area contributed by atoms with Crippen LogP contribution in [-0.4, -0.2) is 20.8 Å². The Labute approximate surface area is 125 Å². The van der Waals surface area contributed by atoms with Crippen LogP contribution in [-0.2, 0) is 6.42 Å². The quantitative estimate of drug-likeness (QED) is 0.627. The van der Waals surface area contributed by atoms with Crippen molar-refractivity contribution in [2.24, 2.45) is 0 Å². The smallest absolute Gasteiger partial charge is 0.126 e. The number of anilines is 1. The molecular formula is C17H21NO3. The maximum absolute atomic E-state index is 5.76. The highest BCUT2D eigenvalue weighted by Gasteiger charge is 2.03. The molecule has 0 unspecified atom stereocenters. The summed E-state index contributed by atoms with van der Waals surface area (Å²) in [7, 11) is 3.25. The Morgan fingerprint density at radius 1 is 0.905 bits per heavy atom. The number of rotatable bonds is 7. The highest BCUT2D eigenvalue weighted by Crippen LogP contribution is 2.27. The summed E-state index contributed by atoms with van der Waals surface area (Å²) in [6.07, 6.45) is 1.86. The van der Waals surface area contributed by atoms with E-state index in [-0.39, 0.29) is 0 Å². The number of ether oxygens (including phenoxy) is 3. The van der Waals surface area contributed by atoms with Gasteiger partial charge in [0.1, 0.15) is 17.2 Å². The van der Waals surface area contributed by atoms with Gasteiger partial charge in [0, 0.05) is 23.9 Å². The van der Waals surface area contributed by atoms with Crippen molar-refractivity contribution in [3.8, 4) is 17.2 Å². The Hall–Kier alpha value is -2.36. The molecule has 0 aliphatic heterocycles. The van der Waals surface area contributed by atoms with E-state index < -0.39 is 0 Å². The highest BCUT2D eigenvalue weighted by molar-refractivity contribution is 5.42. The molecule has 112 valence electrons. The fourth-order valence-electron chi connectivity index (χ4n) is 2.08. The molecule has 4 heteroatoms. The third-order valence-corrected chi connectivity index (χ3v) is 3.15. The van der Waals surface area contributed by atoms with E-state index in [1.165, 1.54) is 5.56 Å². The van der Waals surface area contributed by atoms with Gasteiger partial charge in [-0.15, -0.1) is 0 Å². The molecule has 0 heterocycles. The summed E-state index contributed by atoms with van der Waals surface area (Å²) in [6, 6.07) is 13.5. The first-order valence-corrected chi connectivity index (χ1v) is 6.91. The van der Waals surface area contributed by atoms with Crippen LogP contribution in [0.3, 0.4) is 0 Å². The van der Waals surface area contributed by atoms with Crippen LogP contribution in [0.25, 0.3) is 0 Å². The molecule has 2 aromatic rings. The molecule has 0 spiro atoms. The van der Waals surface area contributed by atoms with Gasteiger partial charge < -0.3 is 19.9 Å². The molecule has 21 heavy (non-hydrogen) atoms. The van der Waals surface area contributed by atoms with Crippen molar-refractivity contribution in [1.82, 2.24) is 0 Å². The zero-order chi connectivity index (χ0) is 15.1. The average molecular weight is 287 g/mol. The van der Waals surface area contributed by atoms with Crippen LogP contribution in [0.5, 0.6) is 17.2 Å². The van der Waals surface area contributed by atoms with Gasteiger partial charge in [-0.2, -0.15) is 0 Å². The number of nitrogens with two attached hydrogens (primary N) is 1. The van der Waals surface area contributed by atoms with E-state index >= 15 is 0 Å².